The summed E-state index contributed by atoms with van der Waals surface area (Å²) in [5.41, 5.74) is 2.12. The van der Waals surface area contributed by atoms with Gasteiger partial charge in [0.2, 0.25) is 11.7 Å². The minimum atomic E-state index is 0.285. The van der Waals surface area contributed by atoms with E-state index in [0.29, 0.717) is 24.2 Å². The molecule has 2 aromatic heterocycles. The number of aromatic nitrogens is 4. The summed E-state index contributed by atoms with van der Waals surface area (Å²) in [6.45, 7) is 0.818. The van der Waals surface area contributed by atoms with E-state index in [1.165, 1.54) is 12.8 Å². The Labute approximate surface area is 150 Å². The fourth-order valence-corrected chi connectivity index (χ4v) is 3.13. The van der Waals surface area contributed by atoms with Gasteiger partial charge in [-0.05, 0) is 37.1 Å². The van der Waals surface area contributed by atoms with Crippen molar-refractivity contribution in [2.45, 2.75) is 31.9 Å². The van der Waals surface area contributed by atoms with Crippen molar-refractivity contribution in [3.8, 4) is 5.75 Å². The van der Waals surface area contributed by atoms with Gasteiger partial charge in [-0.1, -0.05) is 35.5 Å². The summed E-state index contributed by atoms with van der Waals surface area (Å²) >= 11 is 0. The molecule has 0 unspecified atom stereocenters. The van der Waals surface area contributed by atoms with E-state index in [4.69, 9.17) is 14.2 Å². The van der Waals surface area contributed by atoms with Crippen molar-refractivity contribution >= 4 is 11.0 Å². The summed E-state index contributed by atoms with van der Waals surface area (Å²) < 4.78 is 13.3. The first-order chi connectivity index (χ1) is 12.9. The van der Waals surface area contributed by atoms with Gasteiger partial charge in [0.1, 0.15) is 18.1 Å². The van der Waals surface area contributed by atoms with Crippen LogP contribution in [0.3, 0.4) is 0 Å². The summed E-state index contributed by atoms with van der Waals surface area (Å²) in [5, 5.41) is 4.04. The first-order valence-corrected chi connectivity index (χ1v) is 8.81. The first-order valence-electron chi connectivity index (χ1n) is 8.81. The van der Waals surface area contributed by atoms with Crippen LogP contribution < -0.4 is 4.74 Å². The molecule has 2 aromatic carbocycles. The van der Waals surface area contributed by atoms with Crippen LogP contribution in [0.2, 0.25) is 0 Å². The molecule has 5 rings (SSSR count). The summed E-state index contributed by atoms with van der Waals surface area (Å²) in [4.78, 5) is 9.28. The SMILES string of the molecule is c1ccc(OCc2noc(Cn3c(C4CC4)nc4ccccc43)n2)cc1. The molecule has 1 aliphatic rings. The fourth-order valence-electron chi connectivity index (χ4n) is 3.13. The molecular weight excluding hydrogens is 328 g/mol. The molecule has 0 saturated heterocycles. The molecule has 1 fully saturated rings. The molecule has 0 radical (unpaired) electrons. The Bertz CT molecular complexity index is 1030. The lowest BCUT2D eigenvalue weighted by atomic mass is 10.3. The van der Waals surface area contributed by atoms with Gasteiger partial charge in [-0.25, -0.2) is 4.98 Å². The molecule has 6 nitrogen and oxygen atoms in total. The van der Waals surface area contributed by atoms with Gasteiger partial charge in [-0.15, -0.1) is 0 Å². The average Bonchev–Trinajstić information content (AvgIpc) is 3.33. The predicted molar refractivity (Wildman–Crippen MR) is 95.9 cm³/mol. The van der Waals surface area contributed by atoms with Crippen molar-refractivity contribution in [3.05, 3.63) is 72.1 Å². The van der Waals surface area contributed by atoms with Crippen LogP contribution in [0.4, 0.5) is 0 Å². The summed E-state index contributed by atoms with van der Waals surface area (Å²) in [6.07, 6.45) is 2.40. The Kier molecular flexibility index (Phi) is 3.66. The van der Waals surface area contributed by atoms with Crippen molar-refractivity contribution < 1.29 is 9.26 Å². The van der Waals surface area contributed by atoms with Gasteiger partial charge in [-0.3, -0.25) is 0 Å². The summed E-state index contributed by atoms with van der Waals surface area (Å²) in [5.74, 6) is 3.57. The second kappa shape index (κ2) is 6.29. The van der Waals surface area contributed by atoms with Crippen LogP contribution in [0.1, 0.15) is 36.3 Å². The van der Waals surface area contributed by atoms with E-state index in [9.17, 15) is 0 Å². The zero-order valence-electron chi connectivity index (χ0n) is 14.2. The molecule has 6 heteroatoms. The van der Waals surface area contributed by atoms with Gasteiger partial charge in [0.15, 0.2) is 6.61 Å². The highest BCUT2D eigenvalue weighted by Crippen LogP contribution is 2.40. The monoisotopic (exact) mass is 346 g/mol. The molecule has 1 aliphatic carbocycles. The highest BCUT2D eigenvalue weighted by molar-refractivity contribution is 5.76. The van der Waals surface area contributed by atoms with Crippen molar-refractivity contribution in [3.63, 3.8) is 0 Å². The summed E-state index contributed by atoms with van der Waals surface area (Å²) in [6, 6.07) is 17.8. The normalized spacial score (nSPS) is 14.0. The molecule has 0 atom stereocenters. The smallest absolute Gasteiger partial charge is 0.246 e. The van der Waals surface area contributed by atoms with Crippen LogP contribution in [0.5, 0.6) is 5.75 Å². The molecule has 0 amide bonds. The summed E-state index contributed by atoms with van der Waals surface area (Å²) in [7, 11) is 0. The van der Waals surface area contributed by atoms with E-state index in [-0.39, 0.29) is 6.61 Å². The van der Waals surface area contributed by atoms with Gasteiger partial charge >= 0.3 is 0 Å². The van der Waals surface area contributed by atoms with Crippen molar-refractivity contribution in [2.75, 3.05) is 0 Å². The molecular formula is C20H18N4O2. The Morgan fingerprint density at radius 1 is 1.00 bits per heavy atom. The number of nitrogens with zero attached hydrogens (tertiary/aromatic N) is 4. The lowest BCUT2D eigenvalue weighted by Gasteiger charge is -2.05. The predicted octanol–water partition coefficient (Wildman–Crippen LogP) is 3.92. The van der Waals surface area contributed by atoms with Crippen LogP contribution in [0.15, 0.2) is 59.1 Å². The minimum absolute atomic E-state index is 0.285. The van der Waals surface area contributed by atoms with Gasteiger partial charge in [-0.2, -0.15) is 4.98 Å². The number of hydrogen-bond acceptors (Lipinski definition) is 5. The van der Waals surface area contributed by atoms with E-state index in [0.717, 1.165) is 22.6 Å². The van der Waals surface area contributed by atoms with Crippen LogP contribution in [0.25, 0.3) is 11.0 Å². The quantitative estimate of drug-likeness (QED) is 0.529. The largest absolute Gasteiger partial charge is 0.485 e. The number of benzene rings is 2. The maximum absolute atomic E-state index is 5.68. The van der Waals surface area contributed by atoms with E-state index in [2.05, 4.69) is 20.8 Å². The standard InChI is InChI=1S/C20H18N4O2/c1-2-6-15(7-3-1)25-13-18-22-19(26-23-18)12-24-17-9-5-4-8-16(17)21-20(24)14-10-11-14/h1-9,14H,10-13H2. The topological polar surface area (TPSA) is 66.0 Å². The van der Waals surface area contributed by atoms with Gasteiger partial charge in [0.25, 0.3) is 0 Å². The van der Waals surface area contributed by atoms with E-state index in [1.807, 2.05) is 48.5 Å². The molecule has 130 valence electrons. The zero-order chi connectivity index (χ0) is 17.3. The molecule has 0 spiro atoms. The highest BCUT2D eigenvalue weighted by Gasteiger charge is 2.30. The van der Waals surface area contributed by atoms with Gasteiger partial charge in [0, 0.05) is 5.92 Å². The molecule has 2 heterocycles. The van der Waals surface area contributed by atoms with Crippen LogP contribution in [-0.4, -0.2) is 19.7 Å². The first kappa shape index (κ1) is 15.1. The van der Waals surface area contributed by atoms with E-state index < -0.39 is 0 Å². The molecule has 26 heavy (non-hydrogen) atoms. The third-order valence-corrected chi connectivity index (χ3v) is 4.54. The van der Waals surface area contributed by atoms with Crippen molar-refractivity contribution in [1.29, 1.82) is 0 Å². The van der Waals surface area contributed by atoms with Crippen LogP contribution in [-0.2, 0) is 13.2 Å². The highest BCUT2D eigenvalue weighted by atomic mass is 16.5. The lowest BCUT2D eigenvalue weighted by Crippen LogP contribution is -2.05. The number of rotatable bonds is 6. The number of para-hydroxylation sites is 3. The Morgan fingerprint density at radius 2 is 1.81 bits per heavy atom. The number of fused-ring (bicyclic) bond motifs is 1. The Hall–Kier alpha value is -3.15. The van der Waals surface area contributed by atoms with E-state index in [1.54, 1.807) is 0 Å². The van der Waals surface area contributed by atoms with E-state index >= 15 is 0 Å². The van der Waals surface area contributed by atoms with Crippen LogP contribution >= 0.6 is 0 Å². The van der Waals surface area contributed by atoms with Gasteiger partial charge in [0.05, 0.1) is 11.0 Å². The maximum Gasteiger partial charge on any atom is 0.246 e. The molecule has 4 aromatic rings. The molecule has 0 aliphatic heterocycles. The van der Waals surface area contributed by atoms with Crippen molar-refractivity contribution in [2.24, 2.45) is 0 Å². The zero-order valence-corrected chi connectivity index (χ0v) is 14.2. The fraction of sp³-hybridized carbons (Fsp3) is 0.250. The average molecular weight is 346 g/mol. The Balaban J connectivity index is 1.36. The second-order valence-corrected chi connectivity index (χ2v) is 6.53. The third kappa shape index (κ3) is 2.94. The molecule has 1 saturated carbocycles. The number of hydrogen-bond donors (Lipinski definition) is 0. The Morgan fingerprint density at radius 3 is 2.65 bits per heavy atom. The third-order valence-electron chi connectivity index (χ3n) is 4.54. The molecule has 0 N–H and O–H groups in total. The second-order valence-electron chi connectivity index (χ2n) is 6.53. The minimum Gasteiger partial charge on any atom is -0.485 e. The van der Waals surface area contributed by atoms with Crippen molar-refractivity contribution in [1.82, 2.24) is 19.7 Å². The molecule has 0 bridgehead atoms. The lowest BCUT2D eigenvalue weighted by molar-refractivity contribution is 0.285. The van der Waals surface area contributed by atoms with Gasteiger partial charge < -0.3 is 13.8 Å². The number of imidazole rings is 1. The van der Waals surface area contributed by atoms with Crippen LogP contribution in [0, 0.1) is 0 Å². The number of ether oxygens (including phenoxy) is 1. The maximum atomic E-state index is 5.68.